The molecule has 0 aliphatic rings. The molecule has 0 saturated carbocycles. The van der Waals surface area contributed by atoms with Gasteiger partial charge in [-0.1, -0.05) is 17.2 Å². The highest BCUT2D eigenvalue weighted by atomic mass is 16.6. The van der Waals surface area contributed by atoms with Crippen LogP contribution in [0.5, 0.6) is 0 Å². The van der Waals surface area contributed by atoms with Crippen LogP contribution in [-0.4, -0.2) is 92.2 Å². The van der Waals surface area contributed by atoms with Gasteiger partial charge in [0.1, 0.15) is 0 Å². The highest BCUT2D eigenvalue weighted by molar-refractivity contribution is 5.84. The third kappa shape index (κ3) is 11.1. The van der Waals surface area contributed by atoms with Gasteiger partial charge in [-0.2, -0.15) is 5.43 Å². The normalized spacial score (nSPS) is 16.8. The Labute approximate surface area is 279 Å². The molecule has 0 rings (SSSR count). The summed E-state index contributed by atoms with van der Waals surface area (Å²) >= 11 is 0. The number of ether oxygens (including phenoxy) is 5. The van der Waals surface area contributed by atoms with Crippen LogP contribution < -0.4 is 5.43 Å². The zero-order chi connectivity index (χ0) is 37.7. The van der Waals surface area contributed by atoms with Gasteiger partial charge in [-0.15, -0.1) is 4.91 Å². The SMILES string of the molecule is CCC(C)(CC(C)(CC(C)(CC(C)(CC(C)(C)C(=O)OC)C(=O)OC)C(=O)OC)C(=O)OC)C(=O)OCN(CNN(O)N=O)/[N+]([O-])=N/[O-]. The van der Waals surface area contributed by atoms with E-state index in [9.17, 15) is 39.3 Å². The number of esters is 5. The molecule has 4 unspecified atom stereocenters. The van der Waals surface area contributed by atoms with Crippen LogP contribution in [0, 0.1) is 42.4 Å². The van der Waals surface area contributed by atoms with E-state index >= 15 is 0 Å². The Morgan fingerprint density at radius 2 is 1.12 bits per heavy atom. The van der Waals surface area contributed by atoms with Gasteiger partial charge in [0.05, 0.1) is 60.8 Å². The zero-order valence-corrected chi connectivity index (χ0v) is 29.4. The fraction of sp³-hybridized carbons (Fsp3) is 0.821. The van der Waals surface area contributed by atoms with Gasteiger partial charge < -0.3 is 34.1 Å². The van der Waals surface area contributed by atoms with E-state index in [1.54, 1.807) is 20.8 Å². The van der Waals surface area contributed by atoms with Gasteiger partial charge >= 0.3 is 29.8 Å². The van der Waals surface area contributed by atoms with Crippen LogP contribution in [0.4, 0.5) is 0 Å². The molecular formula is C28H49N6O14-. The van der Waals surface area contributed by atoms with Gasteiger partial charge in [0.25, 0.3) is 0 Å². The predicted molar refractivity (Wildman–Crippen MR) is 163 cm³/mol. The van der Waals surface area contributed by atoms with E-state index in [1.807, 2.05) is 5.43 Å². The van der Waals surface area contributed by atoms with Crippen LogP contribution in [0.2, 0.25) is 0 Å². The van der Waals surface area contributed by atoms with Crippen LogP contribution in [0.15, 0.2) is 10.6 Å². The Morgan fingerprint density at radius 1 is 0.729 bits per heavy atom. The summed E-state index contributed by atoms with van der Waals surface area (Å²) in [5.74, 6) is -3.90. The topological polar surface area (TPSA) is 261 Å². The largest absolute Gasteiger partial charge is 0.737 e. The van der Waals surface area contributed by atoms with Crippen LogP contribution in [-0.2, 0) is 47.7 Å². The molecule has 0 aliphatic carbocycles. The standard InChI is InChI=1S/C28H50N6O14/c1-12-25(4,23(39)48-18-32(34(43)31-41)17-29-33(42)30-40)14-27(6,21(37)46-10)16-28(7,22(38)47-11)15-26(5,20(36)45-9)13-24(2,3)19(35)44-8/h29,41-42H,12-18H2,1-11H3/p-1/b34-31-. The zero-order valence-electron chi connectivity index (χ0n) is 29.4. The first-order valence-corrected chi connectivity index (χ1v) is 14.7. The Morgan fingerprint density at radius 3 is 1.48 bits per heavy atom. The minimum Gasteiger partial charge on any atom is -0.737 e. The maximum atomic E-state index is 13.5. The smallest absolute Gasteiger partial charge is 0.313 e. The van der Waals surface area contributed by atoms with Gasteiger partial charge in [-0.3, -0.25) is 29.2 Å². The van der Waals surface area contributed by atoms with Crippen molar-refractivity contribution in [3.63, 3.8) is 0 Å². The number of nitroso groups, excluding NO2 is 1. The monoisotopic (exact) mass is 693 g/mol. The Kier molecular flexibility index (Phi) is 16.1. The van der Waals surface area contributed by atoms with Gasteiger partial charge in [-0.05, 0) is 78.9 Å². The van der Waals surface area contributed by atoms with Crippen molar-refractivity contribution < 1.29 is 57.8 Å². The lowest BCUT2D eigenvalue weighted by molar-refractivity contribution is -0.699. The van der Waals surface area contributed by atoms with Crippen molar-refractivity contribution in [2.24, 2.45) is 37.6 Å². The second-order valence-corrected chi connectivity index (χ2v) is 13.2. The van der Waals surface area contributed by atoms with E-state index in [0.717, 1.165) is 21.3 Å². The minimum atomic E-state index is -1.63. The van der Waals surface area contributed by atoms with Gasteiger partial charge in [-0.25, -0.2) is 0 Å². The summed E-state index contributed by atoms with van der Waals surface area (Å²) in [5, 5.41) is 36.2. The summed E-state index contributed by atoms with van der Waals surface area (Å²) in [5.41, 5.74) is -5.50. The molecule has 0 aliphatic heterocycles. The summed E-state index contributed by atoms with van der Waals surface area (Å²) in [6.07, 6.45) is -0.934. The maximum Gasteiger partial charge on any atom is 0.313 e. The highest BCUT2D eigenvalue weighted by Crippen LogP contribution is 2.51. The third-order valence-electron chi connectivity index (χ3n) is 8.35. The van der Waals surface area contributed by atoms with Crippen molar-refractivity contribution in [3.8, 4) is 0 Å². The van der Waals surface area contributed by atoms with Crippen LogP contribution in [0.25, 0.3) is 0 Å². The average Bonchev–Trinajstić information content (AvgIpc) is 3.04. The molecular weight excluding hydrogens is 644 g/mol. The molecule has 0 heterocycles. The average molecular weight is 694 g/mol. The second-order valence-electron chi connectivity index (χ2n) is 13.2. The Hall–Kier alpha value is -4.33. The molecule has 2 N–H and O–H groups in total. The number of hydrogen-bond donors (Lipinski definition) is 2. The fourth-order valence-corrected chi connectivity index (χ4v) is 6.30. The first-order chi connectivity index (χ1) is 22.0. The molecule has 0 spiro atoms. The molecule has 0 aromatic heterocycles. The lowest BCUT2D eigenvalue weighted by Gasteiger charge is -2.44. The van der Waals surface area contributed by atoms with Crippen molar-refractivity contribution in [3.05, 3.63) is 15.3 Å². The van der Waals surface area contributed by atoms with Gasteiger partial charge in [0.15, 0.2) is 6.67 Å². The quantitative estimate of drug-likeness (QED) is 0.0333. The van der Waals surface area contributed by atoms with Crippen molar-refractivity contribution in [1.82, 2.24) is 15.7 Å². The van der Waals surface area contributed by atoms with Crippen molar-refractivity contribution in [2.45, 2.75) is 80.6 Å². The summed E-state index contributed by atoms with van der Waals surface area (Å²) in [7, 11) is 4.61. The number of hydrogen-bond acceptors (Lipinski definition) is 17. The summed E-state index contributed by atoms with van der Waals surface area (Å²) < 4.78 is 25.5. The first kappa shape index (κ1) is 43.7. The molecule has 0 aromatic rings. The number of hydrazine groups is 2. The van der Waals surface area contributed by atoms with Crippen molar-refractivity contribution in [1.29, 1.82) is 0 Å². The predicted octanol–water partition coefficient (Wildman–Crippen LogP) is 2.71. The lowest BCUT2D eigenvalue weighted by atomic mass is 9.59. The third-order valence-corrected chi connectivity index (χ3v) is 8.35. The Balaban J connectivity index is 6.75. The molecule has 48 heavy (non-hydrogen) atoms. The summed E-state index contributed by atoms with van der Waals surface area (Å²) in [6.45, 7) is 9.03. The molecule has 0 bridgehead atoms. The number of carbonyl (C=O) groups excluding carboxylic acids is 5. The number of nitrogens with one attached hydrogen (secondary N) is 1. The number of rotatable bonds is 21. The Bertz CT molecular complexity index is 1200. The molecule has 20 nitrogen and oxygen atoms in total. The molecule has 0 aromatic carbocycles. The number of methoxy groups -OCH3 is 4. The maximum absolute atomic E-state index is 13.5. The molecule has 20 heteroatoms. The highest BCUT2D eigenvalue weighted by Gasteiger charge is 2.55. The lowest BCUT2D eigenvalue weighted by Crippen LogP contribution is -2.49. The van der Waals surface area contributed by atoms with Crippen LogP contribution >= 0.6 is 0 Å². The van der Waals surface area contributed by atoms with Crippen molar-refractivity contribution >= 4 is 29.8 Å². The number of carbonyl (C=O) groups is 5. The second kappa shape index (κ2) is 17.7. The molecule has 0 fully saturated rings. The molecule has 276 valence electrons. The molecule has 0 radical (unpaired) electrons. The van der Waals surface area contributed by atoms with E-state index in [0.29, 0.717) is 5.01 Å². The summed E-state index contributed by atoms with van der Waals surface area (Å²) in [6, 6.07) is 0. The molecule has 4 atom stereocenters. The van der Waals surface area contributed by atoms with Gasteiger partial charge in [0.2, 0.25) is 6.73 Å². The molecule has 0 saturated heterocycles. The van der Waals surface area contributed by atoms with E-state index in [2.05, 4.69) is 10.6 Å². The fourth-order valence-electron chi connectivity index (χ4n) is 6.30. The summed E-state index contributed by atoms with van der Waals surface area (Å²) in [4.78, 5) is 76.1. The van der Waals surface area contributed by atoms with Gasteiger partial charge in [0, 0.05) is 4.97 Å². The van der Waals surface area contributed by atoms with Crippen LogP contribution in [0.1, 0.15) is 80.6 Å². The van der Waals surface area contributed by atoms with Crippen LogP contribution in [0.3, 0.4) is 0 Å². The van der Waals surface area contributed by atoms with Crippen molar-refractivity contribution in [2.75, 3.05) is 41.8 Å². The first-order valence-electron chi connectivity index (χ1n) is 14.7. The van der Waals surface area contributed by atoms with E-state index in [4.69, 9.17) is 28.9 Å². The minimum absolute atomic E-state index is 0.0608. The van der Waals surface area contributed by atoms with E-state index in [-0.39, 0.29) is 37.4 Å². The number of nitrogens with zero attached hydrogens (tertiary/aromatic N) is 5. The molecule has 0 amide bonds. The van der Waals surface area contributed by atoms with E-state index < -0.39 is 75.3 Å². The van der Waals surface area contributed by atoms with E-state index in [1.165, 1.54) is 34.8 Å².